The zero-order valence-corrected chi connectivity index (χ0v) is 6.22. The first kappa shape index (κ1) is 7.15. The Morgan fingerprint density at radius 2 is 2.30 bits per heavy atom. The van der Waals surface area contributed by atoms with Gasteiger partial charge in [0, 0.05) is 6.20 Å². The third-order valence-corrected chi connectivity index (χ3v) is 1.35. The predicted octanol–water partition coefficient (Wildman–Crippen LogP) is 1.33. The van der Waals surface area contributed by atoms with Crippen LogP contribution in [0.5, 0.6) is 5.75 Å². The summed E-state index contributed by atoms with van der Waals surface area (Å²) in [4.78, 5) is 3.76. The average molecular weight is 159 g/mol. The number of anilines is 1. The molecule has 4 heteroatoms. The van der Waals surface area contributed by atoms with E-state index in [0.29, 0.717) is 16.5 Å². The highest BCUT2D eigenvalue weighted by Gasteiger charge is 2.02. The van der Waals surface area contributed by atoms with Crippen molar-refractivity contribution >= 4 is 17.3 Å². The number of rotatable bonds is 1. The van der Waals surface area contributed by atoms with Crippen molar-refractivity contribution in [3.8, 4) is 5.75 Å². The van der Waals surface area contributed by atoms with Gasteiger partial charge in [-0.3, -0.25) is 4.98 Å². The van der Waals surface area contributed by atoms with Crippen LogP contribution in [0, 0.1) is 0 Å². The summed E-state index contributed by atoms with van der Waals surface area (Å²) in [5.41, 5.74) is 5.91. The first-order valence-corrected chi connectivity index (χ1v) is 3.06. The van der Waals surface area contributed by atoms with Crippen molar-refractivity contribution in [1.82, 2.24) is 4.98 Å². The van der Waals surface area contributed by atoms with Crippen molar-refractivity contribution in [3.05, 3.63) is 17.4 Å². The molecular weight excluding hydrogens is 152 g/mol. The monoisotopic (exact) mass is 158 g/mol. The van der Waals surface area contributed by atoms with E-state index in [1.54, 1.807) is 0 Å². The number of hydrogen-bond acceptors (Lipinski definition) is 3. The number of hydrogen-bond donors (Lipinski definition) is 1. The number of aromatic nitrogens is 1. The average Bonchev–Trinajstić information content (AvgIpc) is 1.88. The van der Waals surface area contributed by atoms with Crippen LogP contribution in [-0.2, 0) is 0 Å². The molecule has 0 saturated heterocycles. The molecule has 0 aromatic carbocycles. The Balaban J connectivity index is 3.17. The third kappa shape index (κ3) is 1.14. The number of nitrogens with two attached hydrogens (primary N) is 1. The normalized spacial score (nSPS) is 9.40. The topological polar surface area (TPSA) is 48.1 Å². The van der Waals surface area contributed by atoms with Crippen molar-refractivity contribution < 1.29 is 4.74 Å². The Labute approximate surface area is 63.8 Å². The lowest BCUT2D eigenvalue weighted by Gasteiger charge is -2.03. The fraction of sp³-hybridized carbons (Fsp3) is 0.167. The first-order chi connectivity index (χ1) is 4.75. The van der Waals surface area contributed by atoms with E-state index in [2.05, 4.69) is 4.98 Å². The summed E-state index contributed by atoms with van der Waals surface area (Å²) in [6.07, 6.45) is 2.97. The lowest BCUT2D eigenvalue weighted by atomic mass is 10.4. The SMILES string of the molecule is COc1c(N)cncc1Cl. The molecular formula is C6H7ClN2O. The van der Waals surface area contributed by atoms with Crippen molar-refractivity contribution in [3.63, 3.8) is 0 Å². The van der Waals surface area contributed by atoms with Gasteiger partial charge in [-0.05, 0) is 0 Å². The summed E-state index contributed by atoms with van der Waals surface area (Å²) in [6.45, 7) is 0. The van der Waals surface area contributed by atoms with Crippen LogP contribution in [0.4, 0.5) is 5.69 Å². The smallest absolute Gasteiger partial charge is 0.163 e. The minimum Gasteiger partial charge on any atom is -0.493 e. The second kappa shape index (κ2) is 2.75. The standard InChI is InChI=1S/C6H7ClN2O/c1-10-6-4(7)2-9-3-5(6)8/h2-3H,8H2,1H3. The van der Waals surface area contributed by atoms with Gasteiger partial charge in [-0.1, -0.05) is 11.6 Å². The molecule has 0 saturated carbocycles. The van der Waals surface area contributed by atoms with Crippen LogP contribution in [0.1, 0.15) is 0 Å². The van der Waals surface area contributed by atoms with Gasteiger partial charge in [0.05, 0.1) is 19.0 Å². The number of halogens is 1. The zero-order chi connectivity index (χ0) is 7.56. The van der Waals surface area contributed by atoms with Gasteiger partial charge in [0.1, 0.15) is 5.02 Å². The quantitative estimate of drug-likeness (QED) is 0.671. The molecule has 0 unspecified atom stereocenters. The van der Waals surface area contributed by atoms with Gasteiger partial charge in [-0.2, -0.15) is 0 Å². The Kier molecular flexibility index (Phi) is 1.97. The van der Waals surface area contributed by atoms with Gasteiger partial charge in [-0.25, -0.2) is 0 Å². The van der Waals surface area contributed by atoms with Crippen LogP contribution < -0.4 is 10.5 Å². The van der Waals surface area contributed by atoms with E-state index in [1.165, 1.54) is 19.5 Å². The molecule has 2 N–H and O–H groups in total. The highest BCUT2D eigenvalue weighted by Crippen LogP contribution is 2.28. The van der Waals surface area contributed by atoms with E-state index in [1.807, 2.05) is 0 Å². The van der Waals surface area contributed by atoms with Crippen molar-refractivity contribution in [1.29, 1.82) is 0 Å². The van der Waals surface area contributed by atoms with Crippen LogP contribution >= 0.6 is 11.6 Å². The van der Waals surface area contributed by atoms with E-state index in [-0.39, 0.29) is 0 Å². The minimum atomic E-state index is 0.433. The molecule has 0 aliphatic heterocycles. The summed E-state index contributed by atoms with van der Waals surface area (Å²) in [5.74, 6) is 0.483. The molecule has 1 aromatic rings. The molecule has 0 aliphatic rings. The van der Waals surface area contributed by atoms with E-state index in [4.69, 9.17) is 22.1 Å². The van der Waals surface area contributed by atoms with E-state index < -0.39 is 0 Å². The molecule has 3 nitrogen and oxygen atoms in total. The summed E-state index contributed by atoms with van der Waals surface area (Å²) < 4.78 is 4.88. The fourth-order valence-corrected chi connectivity index (χ4v) is 0.896. The molecule has 0 spiro atoms. The van der Waals surface area contributed by atoms with Gasteiger partial charge in [0.2, 0.25) is 0 Å². The number of nitrogens with zero attached hydrogens (tertiary/aromatic N) is 1. The fourth-order valence-electron chi connectivity index (χ4n) is 0.654. The van der Waals surface area contributed by atoms with Crippen LogP contribution in [0.3, 0.4) is 0 Å². The maximum absolute atomic E-state index is 5.66. The minimum absolute atomic E-state index is 0.433. The molecule has 0 fully saturated rings. The van der Waals surface area contributed by atoms with Crippen LogP contribution in [-0.4, -0.2) is 12.1 Å². The molecule has 0 amide bonds. The van der Waals surface area contributed by atoms with Gasteiger partial charge < -0.3 is 10.5 Å². The van der Waals surface area contributed by atoms with Gasteiger partial charge in [0.15, 0.2) is 5.75 Å². The van der Waals surface area contributed by atoms with Gasteiger partial charge >= 0.3 is 0 Å². The van der Waals surface area contributed by atoms with E-state index in [9.17, 15) is 0 Å². The Bertz CT molecular complexity index is 219. The van der Waals surface area contributed by atoms with Crippen molar-refractivity contribution in [2.45, 2.75) is 0 Å². The van der Waals surface area contributed by atoms with E-state index in [0.717, 1.165) is 0 Å². The summed E-state index contributed by atoms with van der Waals surface area (Å²) in [6, 6.07) is 0. The highest BCUT2D eigenvalue weighted by molar-refractivity contribution is 6.32. The Morgan fingerprint density at radius 3 is 2.70 bits per heavy atom. The molecule has 10 heavy (non-hydrogen) atoms. The molecule has 0 aliphatic carbocycles. The van der Waals surface area contributed by atoms with Crippen LogP contribution in [0.2, 0.25) is 5.02 Å². The van der Waals surface area contributed by atoms with Crippen molar-refractivity contribution in [2.24, 2.45) is 0 Å². The maximum Gasteiger partial charge on any atom is 0.163 e. The Hall–Kier alpha value is -0.960. The second-order valence-corrected chi connectivity index (χ2v) is 2.15. The molecule has 0 radical (unpaired) electrons. The molecule has 1 rings (SSSR count). The number of ether oxygens (including phenoxy) is 1. The number of pyridine rings is 1. The van der Waals surface area contributed by atoms with Gasteiger partial charge in [-0.15, -0.1) is 0 Å². The van der Waals surface area contributed by atoms with Crippen LogP contribution in [0.25, 0.3) is 0 Å². The molecule has 0 bridgehead atoms. The molecule has 0 atom stereocenters. The molecule has 1 heterocycles. The summed E-state index contributed by atoms with van der Waals surface area (Å²) in [7, 11) is 1.51. The lowest BCUT2D eigenvalue weighted by molar-refractivity contribution is 0.416. The maximum atomic E-state index is 5.66. The largest absolute Gasteiger partial charge is 0.493 e. The van der Waals surface area contributed by atoms with Gasteiger partial charge in [0.25, 0.3) is 0 Å². The third-order valence-electron chi connectivity index (χ3n) is 1.08. The predicted molar refractivity (Wildman–Crippen MR) is 40.2 cm³/mol. The number of nitrogen functional groups attached to an aromatic ring is 1. The second-order valence-electron chi connectivity index (χ2n) is 1.74. The zero-order valence-electron chi connectivity index (χ0n) is 5.47. The summed E-state index contributed by atoms with van der Waals surface area (Å²) in [5, 5.41) is 0.433. The van der Waals surface area contributed by atoms with E-state index >= 15 is 0 Å². The summed E-state index contributed by atoms with van der Waals surface area (Å²) >= 11 is 5.66. The highest BCUT2D eigenvalue weighted by atomic mass is 35.5. The molecule has 1 aromatic heterocycles. The molecule has 54 valence electrons. The lowest BCUT2D eigenvalue weighted by Crippen LogP contribution is -1.93. The van der Waals surface area contributed by atoms with Crippen molar-refractivity contribution in [2.75, 3.05) is 12.8 Å². The first-order valence-electron chi connectivity index (χ1n) is 2.68. The van der Waals surface area contributed by atoms with Crippen LogP contribution in [0.15, 0.2) is 12.4 Å². The number of methoxy groups -OCH3 is 1. The Morgan fingerprint density at radius 1 is 1.60 bits per heavy atom.